The minimum absolute atomic E-state index is 0.671. The SMILES string of the molecule is CC(C)=C(C)CCN1CCC1CN. The number of rotatable bonds is 4. The Balaban J connectivity index is 2.23. The average Bonchev–Trinajstić information content (AvgIpc) is 2.03. The molecule has 1 atom stereocenters. The van der Waals surface area contributed by atoms with E-state index in [4.69, 9.17) is 5.73 Å². The van der Waals surface area contributed by atoms with E-state index in [0.717, 1.165) is 6.54 Å². The smallest absolute Gasteiger partial charge is 0.0230 e. The Labute approximate surface area is 81.8 Å². The van der Waals surface area contributed by atoms with Gasteiger partial charge in [0.25, 0.3) is 0 Å². The first-order valence-electron chi connectivity index (χ1n) is 5.22. The van der Waals surface area contributed by atoms with Gasteiger partial charge in [-0.05, 0) is 33.6 Å². The van der Waals surface area contributed by atoms with Gasteiger partial charge >= 0.3 is 0 Å². The van der Waals surface area contributed by atoms with Gasteiger partial charge in [-0.25, -0.2) is 0 Å². The molecule has 2 nitrogen and oxygen atoms in total. The van der Waals surface area contributed by atoms with Gasteiger partial charge in [-0.15, -0.1) is 0 Å². The van der Waals surface area contributed by atoms with Crippen LogP contribution in [0, 0.1) is 0 Å². The molecule has 2 heteroatoms. The number of hydrogen-bond donors (Lipinski definition) is 1. The second kappa shape index (κ2) is 4.77. The van der Waals surface area contributed by atoms with Crippen molar-refractivity contribution in [2.75, 3.05) is 19.6 Å². The molecule has 0 aliphatic carbocycles. The lowest BCUT2D eigenvalue weighted by molar-refractivity contribution is 0.0985. The highest BCUT2D eigenvalue weighted by atomic mass is 15.2. The highest BCUT2D eigenvalue weighted by Crippen LogP contribution is 2.18. The maximum absolute atomic E-state index is 5.64. The van der Waals surface area contributed by atoms with Crippen LogP contribution in [0.4, 0.5) is 0 Å². The summed E-state index contributed by atoms with van der Waals surface area (Å²) in [6.45, 7) is 9.87. The Kier molecular flexibility index (Phi) is 3.94. The topological polar surface area (TPSA) is 29.3 Å². The van der Waals surface area contributed by atoms with Gasteiger partial charge in [-0.3, -0.25) is 4.90 Å². The summed E-state index contributed by atoms with van der Waals surface area (Å²) in [4.78, 5) is 2.49. The Morgan fingerprint density at radius 3 is 2.46 bits per heavy atom. The molecule has 1 fully saturated rings. The largest absolute Gasteiger partial charge is 0.329 e. The molecule has 1 saturated heterocycles. The number of hydrogen-bond acceptors (Lipinski definition) is 2. The molecule has 0 aromatic heterocycles. The van der Waals surface area contributed by atoms with Gasteiger partial charge in [-0.1, -0.05) is 11.1 Å². The van der Waals surface area contributed by atoms with Crippen LogP contribution in [0.25, 0.3) is 0 Å². The molecule has 0 saturated carbocycles. The predicted octanol–water partition coefficient (Wildman–Crippen LogP) is 1.77. The number of allylic oxidation sites excluding steroid dienone is 1. The minimum Gasteiger partial charge on any atom is -0.329 e. The summed E-state index contributed by atoms with van der Waals surface area (Å²) in [6.07, 6.45) is 2.50. The molecular weight excluding hydrogens is 160 g/mol. The molecule has 13 heavy (non-hydrogen) atoms. The van der Waals surface area contributed by atoms with Crippen molar-refractivity contribution in [3.63, 3.8) is 0 Å². The molecule has 0 aromatic rings. The van der Waals surface area contributed by atoms with Crippen LogP contribution in [0.2, 0.25) is 0 Å². The fourth-order valence-corrected chi connectivity index (χ4v) is 1.62. The molecule has 0 bridgehead atoms. The van der Waals surface area contributed by atoms with Crippen LogP contribution < -0.4 is 5.73 Å². The molecule has 1 unspecified atom stereocenters. The molecule has 1 heterocycles. The number of likely N-dealkylation sites (tertiary alicyclic amines) is 1. The first-order chi connectivity index (χ1) is 6.15. The third kappa shape index (κ3) is 2.82. The maximum atomic E-state index is 5.64. The molecule has 1 aliphatic rings. The van der Waals surface area contributed by atoms with Crippen LogP contribution >= 0.6 is 0 Å². The van der Waals surface area contributed by atoms with Crippen LogP contribution in [0.3, 0.4) is 0 Å². The van der Waals surface area contributed by atoms with Crippen molar-refractivity contribution in [3.05, 3.63) is 11.1 Å². The molecule has 0 aromatic carbocycles. The molecule has 0 radical (unpaired) electrons. The zero-order valence-corrected chi connectivity index (χ0v) is 9.14. The fourth-order valence-electron chi connectivity index (χ4n) is 1.62. The standard InChI is InChI=1S/C11H22N2/c1-9(2)10(3)4-6-13-7-5-11(13)8-12/h11H,4-8,12H2,1-3H3. The van der Waals surface area contributed by atoms with Gasteiger partial charge in [0.2, 0.25) is 0 Å². The van der Waals surface area contributed by atoms with Gasteiger partial charge in [0.1, 0.15) is 0 Å². The van der Waals surface area contributed by atoms with E-state index < -0.39 is 0 Å². The van der Waals surface area contributed by atoms with Crippen LogP contribution in [0.1, 0.15) is 33.6 Å². The van der Waals surface area contributed by atoms with E-state index in [2.05, 4.69) is 25.7 Å². The first-order valence-corrected chi connectivity index (χ1v) is 5.22. The van der Waals surface area contributed by atoms with Gasteiger partial charge in [0.15, 0.2) is 0 Å². The third-order valence-electron chi connectivity index (χ3n) is 3.17. The van der Waals surface area contributed by atoms with E-state index in [1.807, 2.05) is 0 Å². The third-order valence-corrected chi connectivity index (χ3v) is 3.17. The highest BCUT2D eigenvalue weighted by molar-refractivity contribution is 5.07. The predicted molar refractivity (Wildman–Crippen MR) is 57.7 cm³/mol. The summed E-state index contributed by atoms with van der Waals surface area (Å²) in [7, 11) is 0. The van der Waals surface area contributed by atoms with E-state index in [-0.39, 0.29) is 0 Å². The summed E-state index contributed by atoms with van der Waals surface area (Å²) in [5.74, 6) is 0. The van der Waals surface area contributed by atoms with Gasteiger partial charge < -0.3 is 5.73 Å². The monoisotopic (exact) mass is 182 g/mol. The van der Waals surface area contributed by atoms with Gasteiger partial charge in [-0.2, -0.15) is 0 Å². The van der Waals surface area contributed by atoms with Crippen molar-refractivity contribution in [1.82, 2.24) is 4.90 Å². The quantitative estimate of drug-likeness (QED) is 0.671. The van der Waals surface area contributed by atoms with E-state index >= 15 is 0 Å². The molecular formula is C11H22N2. The lowest BCUT2D eigenvalue weighted by Gasteiger charge is -2.40. The highest BCUT2D eigenvalue weighted by Gasteiger charge is 2.25. The van der Waals surface area contributed by atoms with Crippen molar-refractivity contribution in [2.45, 2.75) is 39.7 Å². The Hall–Kier alpha value is -0.340. The summed E-state index contributed by atoms with van der Waals surface area (Å²) in [6, 6.07) is 0.671. The van der Waals surface area contributed by atoms with Crippen LogP contribution in [0.5, 0.6) is 0 Å². The Morgan fingerprint density at radius 2 is 2.08 bits per heavy atom. The molecule has 0 amide bonds. The van der Waals surface area contributed by atoms with E-state index in [1.54, 1.807) is 0 Å². The van der Waals surface area contributed by atoms with E-state index in [1.165, 1.54) is 37.1 Å². The van der Waals surface area contributed by atoms with Gasteiger partial charge in [0, 0.05) is 25.7 Å². The van der Waals surface area contributed by atoms with Gasteiger partial charge in [0.05, 0.1) is 0 Å². The molecule has 2 N–H and O–H groups in total. The minimum atomic E-state index is 0.671. The summed E-state index contributed by atoms with van der Waals surface area (Å²) < 4.78 is 0. The fraction of sp³-hybridized carbons (Fsp3) is 0.818. The zero-order chi connectivity index (χ0) is 9.84. The van der Waals surface area contributed by atoms with Crippen molar-refractivity contribution in [3.8, 4) is 0 Å². The lowest BCUT2D eigenvalue weighted by atomic mass is 10.0. The van der Waals surface area contributed by atoms with Crippen molar-refractivity contribution < 1.29 is 0 Å². The first kappa shape index (κ1) is 10.7. The Morgan fingerprint density at radius 1 is 1.38 bits per heavy atom. The Bertz CT molecular complexity index is 190. The van der Waals surface area contributed by atoms with Crippen LogP contribution in [-0.4, -0.2) is 30.6 Å². The maximum Gasteiger partial charge on any atom is 0.0230 e. The lowest BCUT2D eigenvalue weighted by Crippen LogP contribution is -2.51. The van der Waals surface area contributed by atoms with Crippen LogP contribution in [-0.2, 0) is 0 Å². The second-order valence-corrected chi connectivity index (χ2v) is 4.24. The summed E-state index contributed by atoms with van der Waals surface area (Å²) >= 11 is 0. The van der Waals surface area contributed by atoms with Crippen molar-refractivity contribution in [1.29, 1.82) is 0 Å². The average molecular weight is 182 g/mol. The number of nitrogens with two attached hydrogens (primary N) is 1. The van der Waals surface area contributed by atoms with E-state index in [9.17, 15) is 0 Å². The van der Waals surface area contributed by atoms with Crippen molar-refractivity contribution in [2.24, 2.45) is 5.73 Å². The van der Waals surface area contributed by atoms with E-state index in [0.29, 0.717) is 6.04 Å². The second-order valence-electron chi connectivity index (χ2n) is 4.24. The summed E-state index contributed by atoms with van der Waals surface area (Å²) in [5, 5.41) is 0. The zero-order valence-electron chi connectivity index (χ0n) is 9.14. The molecule has 1 aliphatic heterocycles. The normalized spacial score (nSPS) is 22.6. The summed E-state index contributed by atoms with van der Waals surface area (Å²) in [5.41, 5.74) is 8.63. The molecule has 1 rings (SSSR count). The van der Waals surface area contributed by atoms with Crippen LogP contribution in [0.15, 0.2) is 11.1 Å². The van der Waals surface area contributed by atoms with Crippen molar-refractivity contribution >= 4 is 0 Å². The molecule has 76 valence electrons. The molecule has 0 spiro atoms. The number of nitrogens with zero attached hydrogens (tertiary/aromatic N) is 1.